The average Bonchev–Trinajstić information content (AvgIpc) is 4.18. The third kappa shape index (κ3) is 5.87. The topological polar surface area (TPSA) is 104 Å². The Morgan fingerprint density at radius 3 is 1.06 bits per heavy atom. The molecule has 4 aromatic carbocycles. The van der Waals surface area contributed by atoms with E-state index in [1.54, 1.807) is 0 Å². The number of halogens is 19. The molecule has 4 aliphatic rings. The van der Waals surface area contributed by atoms with E-state index < -0.39 is 218 Å². The second kappa shape index (κ2) is 15.2. The number of ketones is 1. The van der Waals surface area contributed by atoms with Crippen molar-refractivity contribution in [3.05, 3.63) is 157 Å². The van der Waals surface area contributed by atoms with E-state index in [9.17, 15) is 45.0 Å². The van der Waals surface area contributed by atoms with Gasteiger partial charge in [0.05, 0.1) is 45.0 Å². The van der Waals surface area contributed by atoms with Gasteiger partial charge in [0.2, 0.25) is 29.1 Å². The van der Waals surface area contributed by atoms with Crippen molar-refractivity contribution in [1.29, 1.82) is 0 Å². The van der Waals surface area contributed by atoms with Gasteiger partial charge < -0.3 is 19.8 Å². The maximum Gasteiger partial charge on any atom is 0.317 e. The first-order valence-corrected chi connectivity index (χ1v) is 18.8. The van der Waals surface area contributed by atoms with Crippen molar-refractivity contribution in [3.63, 3.8) is 0 Å². The van der Waals surface area contributed by atoms with E-state index in [-0.39, 0.29) is 0 Å². The van der Waals surface area contributed by atoms with E-state index in [2.05, 4.69) is 15.0 Å². The molecule has 70 heavy (non-hydrogen) atoms. The molecule has 10 rings (SSSR count). The molecule has 0 unspecified atom stereocenters. The summed E-state index contributed by atoms with van der Waals surface area (Å²) in [5, 5.41) is 12.0. The Labute approximate surface area is 371 Å². The van der Waals surface area contributed by atoms with E-state index in [1.807, 2.05) is 4.98 Å². The van der Waals surface area contributed by atoms with Crippen LogP contribution in [0.2, 0.25) is 0 Å². The summed E-state index contributed by atoms with van der Waals surface area (Å²) in [5.74, 6) is -59.2. The number of carbonyl (C=O) groups is 1. The standard InChI is InChI=1S/C44H9F19N4O3/c45-21-17(22(46)29(53)35(59)28(21)52)13-7-1-2-8(64-7)14(18-23(47)30(54)36(60)31(55)24(18)48)10-4-6-12(66-10)16-20-27(51)34(58)38(62)39(63)41(20)70-44(69)42(16)67-40(43(44)68)15(11-5-3-9(13)65-11)19-25(49)32(56)37(61)33(57)26(19)50/h1-6,64,67,69H/t44-/m1/s1. The van der Waals surface area contributed by atoms with Crippen molar-refractivity contribution in [2.24, 2.45) is 0 Å². The smallest absolute Gasteiger partial charge is 0.317 e. The van der Waals surface area contributed by atoms with Gasteiger partial charge >= 0.3 is 5.79 Å². The van der Waals surface area contributed by atoms with Gasteiger partial charge in [0.25, 0.3) is 5.78 Å². The third-order valence-electron chi connectivity index (χ3n) is 11.3. The fraction of sp³-hybridized carbons (Fsp3) is 0.0227. The zero-order valence-corrected chi connectivity index (χ0v) is 32.8. The van der Waals surface area contributed by atoms with Gasteiger partial charge in [-0.3, -0.25) is 4.79 Å². The highest BCUT2D eigenvalue weighted by molar-refractivity contribution is 6.11. The largest absolute Gasteiger partial charge is 0.445 e. The number of nitrogens with one attached hydrogen (secondary N) is 2. The average molecular weight is 1000 g/mol. The molecule has 3 N–H and O–H groups in total. The number of rotatable bonds is 3. The Morgan fingerprint density at radius 2 is 0.671 bits per heavy atom. The number of nitrogens with zero attached hydrogens (tertiary/aromatic N) is 2. The maximum absolute atomic E-state index is 16.0. The maximum atomic E-state index is 16.0. The first-order chi connectivity index (χ1) is 32.9. The molecule has 0 spiro atoms. The Bertz CT molecular complexity index is 3720. The Kier molecular flexibility index (Phi) is 9.88. The molecule has 356 valence electrons. The van der Waals surface area contributed by atoms with Gasteiger partial charge in [-0.1, -0.05) is 0 Å². The van der Waals surface area contributed by atoms with Crippen LogP contribution >= 0.6 is 0 Å². The van der Waals surface area contributed by atoms with Gasteiger partial charge in [-0.25, -0.2) is 89.0 Å². The summed E-state index contributed by atoms with van der Waals surface area (Å²) in [6.07, 6.45) is 2.01. The lowest BCUT2D eigenvalue weighted by molar-refractivity contribution is -0.109. The second-order valence-electron chi connectivity index (χ2n) is 15.0. The number of ether oxygens (including phenoxy) is 1. The first kappa shape index (κ1) is 45.6. The minimum absolute atomic E-state index is 0.427. The van der Waals surface area contributed by atoms with Crippen LogP contribution in [0, 0.1) is 111 Å². The summed E-state index contributed by atoms with van der Waals surface area (Å²) < 4.78 is 295. The Balaban J connectivity index is 1.52. The predicted molar refractivity (Wildman–Crippen MR) is 200 cm³/mol. The molecule has 0 fully saturated rings. The van der Waals surface area contributed by atoms with E-state index in [4.69, 9.17) is 4.74 Å². The van der Waals surface area contributed by atoms with Crippen LogP contribution in [0.4, 0.5) is 83.4 Å². The number of hydrogen-bond acceptors (Lipinski definition) is 5. The molecule has 6 aromatic rings. The molecule has 0 saturated carbocycles. The molecule has 6 heterocycles. The monoisotopic (exact) mass is 1000 g/mol. The molecule has 0 radical (unpaired) electrons. The van der Waals surface area contributed by atoms with Crippen LogP contribution in [-0.2, 0) is 5.79 Å². The SMILES string of the molecule is O=C1c2[nH]c3c(c4nc(c(-c5c(F)c(F)c(F)c(F)c5F)c5ccc([nH]5)c(-c5c(F)c(F)c(F)c(F)c5F)c5nc(c2-c2c(F)c(F)c(F)c(F)c2F)C=C5)C=C4)-c2c(F)c(F)c(F)c(F)c2O[C@@]13O. The lowest BCUT2D eigenvalue weighted by Crippen LogP contribution is -2.41. The summed E-state index contributed by atoms with van der Waals surface area (Å²) in [6.45, 7) is 0. The minimum atomic E-state index is -4.08. The van der Waals surface area contributed by atoms with Crippen molar-refractivity contribution in [1.82, 2.24) is 19.9 Å². The van der Waals surface area contributed by atoms with Crippen LogP contribution in [0.15, 0.2) is 12.1 Å². The molecule has 0 amide bonds. The quantitative estimate of drug-likeness (QED) is 0.0929. The number of aliphatic hydroxyl groups is 1. The van der Waals surface area contributed by atoms with E-state index in [0.29, 0.717) is 36.4 Å². The highest BCUT2D eigenvalue weighted by Crippen LogP contribution is 2.53. The summed E-state index contributed by atoms with van der Waals surface area (Å²) in [5.41, 5.74) is -23.2. The molecule has 1 atom stereocenters. The molecule has 0 saturated heterocycles. The minimum Gasteiger partial charge on any atom is -0.445 e. The van der Waals surface area contributed by atoms with Crippen molar-refractivity contribution >= 4 is 41.1 Å². The number of hydrogen-bond donors (Lipinski definition) is 3. The fourth-order valence-corrected chi connectivity index (χ4v) is 8.14. The molecule has 2 aromatic heterocycles. The van der Waals surface area contributed by atoms with Crippen LogP contribution in [0.5, 0.6) is 5.75 Å². The molecule has 7 nitrogen and oxygen atoms in total. The summed E-state index contributed by atoms with van der Waals surface area (Å²) >= 11 is 0. The Hall–Kier alpha value is -8.16. The molecule has 0 aliphatic carbocycles. The van der Waals surface area contributed by atoms with Gasteiger partial charge in [0.1, 0.15) is 11.4 Å². The number of aromatic nitrogens is 4. The highest BCUT2D eigenvalue weighted by atomic mass is 19.2. The van der Waals surface area contributed by atoms with Crippen molar-refractivity contribution in [3.8, 4) is 50.3 Å². The molecule has 8 bridgehead atoms. The molecule has 26 heteroatoms. The number of carbonyl (C=O) groups excluding carboxylic acids is 1. The van der Waals surface area contributed by atoms with Gasteiger partial charge in [0.15, 0.2) is 87.2 Å². The number of fused-ring (bicyclic) bond motifs is 10. The summed E-state index contributed by atoms with van der Waals surface area (Å²) in [4.78, 5) is 26.4. The van der Waals surface area contributed by atoms with Crippen LogP contribution in [0.25, 0.3) is 79.8 Å². The first-order valence-electron chi connectivity index (χ1n) is 18.8. The molecular weight excluding hydrogens is 993 g/mol. The lowest BCUT2D eigenvalue weighted by Gasteiger charge is -2.31. The third-order valence-corrected chi connectivity index (χ3v) is 11.3. The van der Waals surface area contributed by atoms with Crippen LogP contribution < -0.4 is 4.74 Å². The van der Waals surface area contributed by atoms with Gasteiger partial charge in [-0.15, -0.1) is 0 Å². The van der Waals surface area contributed by atoms with Gasteiger partial charge in [-0.05, 0) is 36.4 Å². The highest BCUT2D eigenvalue weighted by Gasteiger charge is 2.55. The van der Waals surface area contributed by atoms with Crippen molar-refractivity contribution < 1.29 is 98.1 Å². The predicted octanol–water partition coefficient (Wildman–Crippen LogP) is 12.1. The summed E-state index contributed by atoms with van der Waals surface area (Å²) in [6, 6.07) is 1.20. The van der Waals surface area contributed by atoms with E-state index in [1.165, 1.54) is 0 Å². The number of aromatic amines is 2. The second-order valence-corrected chi connectivity index (χ2v) is 15.0. The summed E-state index contributed by atoms with van der Waals surface area (Å²) in [7, 11) is 0. The normalized spacial score (nSPS) is 15.2. The number of benzene rings is 4. The van der Waals surface area contributed by atoms with Crippen LogP contribution in [-0.4, -0.2) is 30.8 Å². The molecule has 4 aliphatic heterocycles. The fourth-order valence-electron chi connectivity index (χ4n) is 8.14. The van der Waals surface area contributed by atoms with Gasteiger partial charge in [0, 0.05) is 33.3 Å². The Morgan fingerprint density at radius 1 is 0.371 bits per heavy atom. The number of Topliss-reactive ketones (excluding diaryl/α,β-unsaturated/α-hetero) is 1. The lowest BCUT2D eigenvalue weighted by atomic mass is 9.91. The van der Waals surface area contributed by atoms with Crippen molar-refractivity contribution in [2.45, 2.75) is 5.79 Å². The zero-order valence-electron chi connectivity index (χ0n) is 32.8. The zero-order chi connectivity index (χ0) is 50.6. The van der Waals surface area contributed by atoms with E-state index in [0.717, 1.165) is 0 Å². The van der Waals surface area contributed by atoms with E-state index >= 15 is 48.3 Å². The van der Waals surface area contributed by atoms with Gasteiger partial charge in [-0.2, -0.15) is 4.39 Å². The number of H-pyrrole nitrogens is 2. The van der Waals surface area contributed by atoms with Crippen LogP contribution in [0.1, 0.15) is 39.0 Å². The molecular formula is C44H9F19N4O3. The van der Waals surface area contributed by atoms with Crippen molar-refractivity contribution in [2.75, 3.05) is 0 Å². The van der Waals surface area contributed by atoms with Crippen LogP contribution in [0.3, 0.4) is 0 Å².